The predicted molar refractivity (Wildman–Crippen MR) is 79.4 cm³/mol. The van der Waals surface area contributed by atoms with Crippen molar-refractivity contribution in [2.24, 2.45) is 0 Å². The van der Waals surface area contributed by atoms with Crippen molar-refractivity contribution in [3.05, 3.63) is 46.3 Å². The summed E-state index contributed by atoms with van der Waals surface area (Å²) in [6.07, 6.45) is 0. The predicted octanol–water partition coefficient (Wildman–Crippen LogP) is 4.61. The molecule has 0 spiro atoms. The molecule has 2 heterocycles. The van der Waals surface area contributed by atoms with E-state index in [0.29, 0.717) is 16.6 Å². The monoisotopic (exact) mass is 290 g/mol. The second kappa shape index (κ2) is 4.72. The van der Waals surface area contributed by atoms with Crippen molar-refractivity contribution in [1.82, 2.24) is 5.16 Å². The number of nitrogens with zero attached hydrogens (tertiary/aromatic N) is 1. The maximum absolute atomic E-state index is 6.16. The van der Waals surface area contributed by atoms with Crippen LogP contribution in [0.4, 0.5) is 5.82 Å². The average Bonchev–Trinajstić information content (AvgIpc) is 3.02. The summed E-state index contributed by atoms with van der Waals surface area (Å²) in [6.45, 7) is 1.95. The first-order valence-corrected chi connectivity index (χ1v) is 6.98. The summed E-state index contributed by atoms with van der Waals surface area (Å²) in [5.41, 5.74) is 8.63. The number of benzene rings is 1. The number of hydrogen-bond acceptors (Lipinski definition) is 4. The maximum Gasteiger partial charge on any atom is 0.178 e. The van der Waals surface area contributed by atoms with Gasteiger partial charge in [-0.2, -0.15) is 0 Å². The molecule has 96 valence electrons. The van der Waals surface area contributed by atoms with E-state index in [1.54, 1.807) is 11.3 Å². The summed E-state index contributed by atoms with van der Waals surface area (Å²) < 4.78 is 5.41. The third kappa shape index (κ3) is 2.03. The van der Waals surface area contributed by atoms with Crippen molar-refractivity contribution in [1.29, 1.82) is 0 Å². The van der Waals surface area contributed by atoms with E-state index in [1.165, 1.54) is 0 Å². The van der Waals surface area contributed by atoms with Crippen LogP contribution in [-0.2, 0) is 0 Å². The van der Waals surface area contributed by atoms with Gasteiger partial charge in [-0.25, -0.2) is 0 Å². The molecule has 0 aliphatic carbocycles. The Kier molecular flexibility index (Phi) is 3.05. The van der Waals surface area contributed by atoms with Gasteiger partial charge >= 0.3 is 0 Å². The van der Waals surface area contributed by atoms with Crippen molar-refractivity contribution in [3.63, 3.8) is 0 Å². The molecule has 5 heteroatoms. The van der Waals surface area contributed by atoms with E-state index in [4.69, 9.17) is 21.9 Å². The van der Waals surface area contributed by atoms with E-state index < -0.39 is 0 Å². The first kappa shape index (κ1) is 12.3. The van der Waals surface area contributed by atoms with Crippen LogP contribution in [-0.4, -0.2) is 5.16 Å². The number of nitrogens with two attached hydrogens (primary N) is 1. The van der Waals surface area contributed by atoms with Crippen LogP contribution in [0, 0.1) is 6.92 Å². The minimum atomic E-state index is 0.400. The summed E-state index contributed by atoms with van der Waals surface area (Å²) in [4.78, 5) is 1.04. The van der Waals surface area contributed by atoms with Crippen LogP contribution < -0.4 is 5.73 Å². The van der Waals surface area contributed by atoms with Crippen molar-refractivity contribution >= 4 is 28.8 Å². The molecule has 3 rings (SSSR count). The Labute approximate surface area is 119 Å². The third-order valence-corrected chi connectivity index (χ3v) is 4.30. The minimum absolute atomic E-state index is 0.400. The Morgan fingerprint density at radius 2 is 2.11 bits per heavy atom. The Bertz CT molecular complexity index is 719. The molecule has 0 aliphatic rings. The van der Waals surface area contributed by atoms with Gasteiger partial charge in [0.25, 0.3) is 0 Å². The highest BCUT2D eigenvalue weighted by Gasteiger charge is 2.20. The number of rotatable bonds is 2. The zero-order valence-corrected chi connectivity index (χ0v) is 11.8. The molecule has 0 bridgehead atoms. The molecule has 0 radical (unpaired) electrons. The van der Waals surface area contributed by atoms with E-state index in [0.717, 1.165) is 21.6 Å². The van der Waals surface area contributed by atoms with Crippen molar-refractivity contribution in [3.8, 4) is 21.8 Å². The fourth-order valence-corrected chi connectivity index (χ4v) is 2.95. The van der Waals surface area contributed by atoms with Crippen molar-refractivity contribution < 1.29 is 4.52 Å². The van der Waals surface area contributed by atoms with Gasteiger partial charge in [-0.05, 0) is 30.0 Å². The van der Waals surface area contributed by atoms with Crippen LogP contribution in [0.25, 0.3) is 21.8 Å². The SMILES string of the molecule is Cc1c(Cl)cccc1-c1onc(N)c1-c1cccs1. The highest BCUT2D eigenvalue weighted by molar-refractivity contribution is 7.13. The van der Waals surface area contributed by atoms with Crippen molar-refractivity contribution in [2.75, 3.05) is 5.73 Å². The number of nitrogen functional groups attached to an aromatic ring is 1. The van der Waals surface area contributed by atoms with Crippen LogP contribution in [0.3, 0.4) is 0 Å². The van der Waals surface area contributed by atoms with Crippen molar-refractivity contribution in [2.45, 2.75) is 6.92 Å². The van der Waals surface area contributed by atoms with E-state index in [9.17, 15) is 0 Å². The Morgan fingerprint density at radius 3 is 2.84 bits per heavy atom. The van der Waals surface area contributed by atoms with Gasteiger partial charge in [0, 0.05) is 15.5 Å². The maximum atomic E-state index is 6.16. The molecule has 0 fully saturated rings. The molecule has 1 aromatic carbocycles. The highest BCUT2D eigenvalue weighted by Crippen LogP contribution is 2.40. The second-order valence-electron chi connectivity index (χ2n) is 4.16. The van der Waals surface area contributed by atoms with Gasteiger partial charge in [-0.3, -0.25) is 0 Å². The molecule has 0 amide bonds. The average molecular weight is 291 g/mol. The first-order valence-electron chi connectivity index (χ1n) is 5.73. The fraction of sp³-hybridized carbons (Fsp3) is 0.0714. The van der Waals surface area contributed by atoms with Crippen LogP contribution in [0.5, 0.6) is 0 Å². The van der Waals surface area contributed by atoms with Crippen LogP contribution in [0.1, 0.15) is 5.56 Å². The van der Waals surface area contributed by atoms with Gasteiger partial charge in [-0.15, -0.1) is 11.3 Å². The Balaban J connectivity index is 2.25. The first-order chi connectivity index (χ1) is 9.18. The minimum Gasteiger partial charge on any atom is -0.380 e. The molecule has 0 saturated carbocycles. The molecule has 0 saturated heterocycles. The van der Waals surface area contributed by atoms with Gasteiger partial charge in [0.15, 0.2) is 11.6 Å². The number of halogens is 1. The lowest BCUT2D eigenvalue weighted by Crippen LogP contribution is -1.88. The number of hydrogen-bond donors (Lipinski definition) is 1. The summed E-state index contributed by atoms with van der Waals surface area (Å²) >= 11 is 7.76. The van der Waals surface area contributed by atoms with Gasteiger partial charge < -0.3 is 10.3 Å². The fourth-order valence-electron chi connectivity index (χ4n) is 2.00. The zero-order chi connectivity index (χ0) is 13.4. The zero-order valence-electron chi connectivity index (χ0n) is 10.2. The lowest BCUT2D eigenvalue weighted by atomic mass is 10.0. The molecular formula is C14H11ClN2OS. The number of aromatic nitrogens is 1. The topological polar surface area (TPSA) is 52.0 Å². The lowest BCUT2D eigenvalue weighted by Gasteiger charge is -2.05. The smallest absolute Gasteiger partial charge is 0.178 e. The van der Waals surface area contributed by atoms with Crippen LogP contribution in [0.15, 0.2) is 40.2 Å². The molecule has 19 heavy (non-hydrogen) atoms. The molecule has 3 nitrogen and oxygen atoms in total. The van der Waals surface area contributed by atoms with Gasteiger partial charge in [0.05, 0.1) is 5.56 Å². The summed E-state index contributed by atoms with van der Waals surface area (Å²) in [5.74, 6) is 1.07. The molecule has 0 aliphatic heterocycles. The lowest BCUT2D eigenvalue weighted by molar-refractivity contribution is 0.436. The number of anilines is 1. The second-order valence-corrected chi connectivity index (χ2v) is 5.52. The molecule has 3 aromatic rings. The number of thiophene rings is 1. The van der Waals surface area contributed by atoms with Gasteiger partial charge in [-0.1, -0.05) is 35.0 Å². The third-order valence-electron chi connectivity index (χ3n) is 3.00. The van der Waals surface area contributed by atoms with E-state index in [1.807, 2.05) is 42.6 Å². The summed E-state index contributed by atoms with van der Waals surface area (Å²) in [7, 11) is 0. The molecular weight excluding hydrogens is 280 g/mol. The Hall–Kier alpha value is -1.78. The normalized spacial score (nSPS) is 10.8. The van der Waals surface area contributed by atoms with Crippen LogP contribution in [0.2, 0.25) is 5.02 Å². The summed E-state index contributed by atoms with van der Waals surface area (Å²) in [6, 6.07) is 9.67. The van der Waals surface area contributed by atoms with Crippen LogP contribution >= 0.6 is 22.9 Å². The van der Waals surface area contributed by atoms with Gasteiger partial charge in [0.2, 0.25) is 0 Å². The summed E-state index contributed by atoms with van der Waals surface area (Å²) in [5, 5.41) is 6.58. The molecule has 0 unspecified atom stereocenters. The van der Waals surface area contributed by atoms with E-state index in [2.05, 4.69) is 5.16 Å². The Morgan fingerprint density at radius 1 is 1.26 bits per heavy atom. The quantitative estimate of drug-likeness (QED) is 0.749. The largest absolute Gasteiger partial charge is 0.380 e. The molecule has 2 aromatic heterocycles. The highest BCUT2D eigenvalue weighted by atomic mass is 35.5. The molecule has 0 atom stereocenters. The van der Waals surface area contributed by atoms with E-state index in [-0.39, 0.29) is 0 Å². The standard InChI is InChI=1S/C14H11ClN2OS/c1-8-9(4-2-5-10(8)15)13-12(14(16)17-18-13)11-6-3-7-19-11/h2-7H,1H3,(H2,16,17). The van der Waals surface area contributed by atoms with Gasteiger partial charge in [0.1, 0.15) is 0 Å². The molecule has 2 N–H and O–H groups in total. The van der Waals surface area contributed by atoms with E-state index >= 15 is 0 Å².